The summed E-state index contributed by atoms with van der Waals surface area (Å²) in [5, 5.41) is 21.7. The van der Waals surface area contributed by atoms with Crippen molar-refractivity contribution < 1.29 is 27.7 Å². The predicted molar refractivity (Wildman–Crippen MR) is 97.0 cm³/mol. The Bertz CT molecular complexity index is 1130. The van der Waals surface area contributed by atoms with Gasteiger partial charge in [0, 0.05) is 23.3 Å². The minimum absolute atomic E-state index is 0.0629. The van der Waals surface area contributed by atoms with Crippen LogP contribution in [0.5, 0.6) is 0 Å². The lowest BCUT2D eigenvalue weighted by molar-refractivity contribution is -0.384. The molecule has 1 aromatic heterocycles. The van der Waals surface area contributed by atoms with E-state index in [2.05, 4.69) is 26.3 Å². The lowest BCUT2D eigenvalue weighted by atomic mass is 10.1. The number of hydrogen-bond acceptors (Lipinski definition) is 7. The molecule has 0 aliphatic carbocycles. The molecule has 0 radical (unpaired) electrons. The summed E-state index contributed by atoms with van der Waals surface area (Å²) in [6.45, 7) is -0.480. The molecule has 11 nitrogen and oxygen atoms in total. The maximum Gasteiger partial charge on any atom is 0.416 e. The number of rotatable bonds is 5. The van der Waals surface area contributed by atoms with E-state index < -0.39 is 35.0 Å². The summed E-state index contributed by atoms with van der Waals surface area (Å²) in [6, 6.07) is 8.98. The van der Waals surface area contributed by atoms with E-state index in [1.807, 2.05) is 0 Å². The summed E-state index contributed by atoms with van der Waals surface area (Å²) >= 11 is 0. The quantitative estimate of drug-likeness (QED) is 0.459. The Morgan fingerprint density at radius 2 is 1.81 bits per heavy atom. The second-order valence-corrected chi connectivity index (χ2v) is 6.03. The van der Waals surface area contributed by atoms with Gasteiger partial charge in [-0.1, -0.05) is 12.1 Å². The molecular formula is C17H12F3N7O4. The van der Waals surface area contributed by atoms with Gasteiger partial charge in [0.1, 0.15) is 6.54 Å². The molecule has 2 aromatic carbocycles. The zero-order valence-corrected chi connectivity index (χ0v) is 15.3. The number of hydrogen-bond donors (Lipinski definition) is 2. The first kappa shape index (κ1) is 21.4. The van der Waals surface area contributed by atoms with E-state index in [0.29, 0.717) is 0 Å². The highest BCUT2D eigenvalue weighted by Gasteiger charge is 2.30. The van der Waals surface area contributed by atoms with Crippen molar-refractivity contribution in [1.82, 2.24) is 31.1 Å². The smallest absolute Gasteiger partial charge is 0.271 e. The van der Waals surface area contributed by atoms with Gasteiger partial charge in [-0.2, -0.15) is 18.0 Å². The number of carbonyl (C=O) groups excluding carboxylic acids is 2. The molecule has 1 heterocycles. The summed E-state index contributed by atoms with van der Waals surface area (Å²) in [7, 11) is 0. The average molecular weight is 435 g/mol. The van der Waals surface area contributed by atoms with Crippen LogP contribution in [-0.2, 0) is 17.5 Å². The van der Waals surface area contributed by atoms with Crippen LogP contribution in [0.2, 0.25) is 0 Å². The van der Waals surface area contributed by atoms with Crippen molar-refractivity contribution in [2.75, 3.05) is 0 Å². The van der Waals surface area contributed by atoms with Crippen molar-refractivity contribution in [2.45, 2.75) is 12.7 Å². The summed E-state index contributed by atoms with van der Waals surface area (Å²) in [4.78, 5) is 34.7. The molecule has 0 saturated heterocycles. The van der Waals surface area contributed by atoms with Crippen LogP contribution in [0.4, 0.5) is 18.9 Å². The van der Waals surface area contributed by atoms with E-state index in [0.717, 1.165) is 29.1 Å². The number of nitrogens with one attached hydrogen (secondary N) is 2. The number of nitro groups is 1. The number of non-ortho nitro benzene ring substituents is 1. The van der Waals surface area contributed by atoms with Gasteiger partial charge in [0.05, 0.1) is 10.5 Å². The number of amides is 2. The highest BCUT2D eigenvalue weighted by Crippen LogP contribution is 2.31. The molecule has 0 spiro atoms. The Labute approximate surface area is 171 Å². The first-order valence-electron chi connectivity index (χ1n) is 8.42. The Kier molecular flexibility index (Phi) is 5.90. The Hall–Kier alpha value is -4.36. The van der Waals surface area contributed by atoms with Gasteiger partial charge in [-0.15, -0.1) is 10.2 Å². The molecule has 2 N–H and O–H groups in total. The van der Waals surface area contributed by atoms with Gasteiger partial charge in [0.15, 0.2) is 0 Å². The lowest BCUT2D eigenvalue weighted by Gasteiger charge is -2.07. The molecule has 31 heavy (non-hydrogen) atoms. The fourth-order valence-corrected chi connectivity index (χ4v) is 2.36. The second-order valence-electron chi connectivity index (χ2n) is 6.03. The maximum absolute atomic E-state index is 12.8. The van der Waals surface area contributed by atoms with Gasteiger partial charge in [-0.25, -0.2) is 0 Å². The van der Waals surface area contributed by atoms with Crippen LogP contribution in [0.1, 0.15) is 15.9 Å². The molecule has 0 unspecified atom stereocenters. The number of tetrazole rings is 1. The fourth-order valence-electron chi connectivity index (χ4n) is 2.36. The second kappa shape index (κ2) is 8.56. The summed E-state index contributed by atoms with van der Waals surface area (Å²) < 4.78 is 38.4. The van der Waals surface area contributed by atoms with Gasteiger partial charge in [0.25, 0.3) is 17.5 Å². The molecule has 0 aliphatic heterocycles. The standard InChI is InChI=1S/C17H12F3N7O4/c18-17(19,20)12-3-1-2-11(8-12)15-22-25-26(24-15)9-14(28)21-23-16(29)10-4-6-13(7-5-10)27(30)31/h1-8H,9H2,(H,21,28)(H,23,29). The monoisotopic (exact) mass is 435 g/mol. The first-order valence-corrected chi connectivity index (χ1v) is 8.42. The van der Waals surface area contributed by atoms with Gasteiger partial charge < -0.3 is 0 Å². The predicted octanol–water partition coefficient (Wildman–Crippen LogP) is 1.73. The van der Waals surface area contributed by atoms with Crippen molar-refractivity contribution in [3.63, 3.8) is 0 Å². The number of nitrogens with zero attached hydrogens (tertiary/aromatic N) is 5. The Balaban J connectivity index is 1.58. The summed E-state index contributed by atoms with van der Waals surface area (Å²) in [6.07, 6.45) is -4.53. The van der Waals surface area contributed by atoms with Crippen LogP contribution in [-0.4, -0.2) is 36.9 Å². The zero-order valence-electron chi connectivity index (χ0n) is 15.3. The van der Waals surface area contributed by atoms with Crippen molar-refractivity contribution in [2.24, 2.45) is 0 Å². The van der Waals surface area contributed by atoms with Crippen LogP contribution < -0.4 is 10.9 Å². The van der Waals surface area contributed by atoms with Crippen molar-refractivity contribution in [3.8, 4) is 11.4 Å². The van der Waals surface area contributed by atoms with Crippen LogP contribution in [0.25, 0.3) is 11.4 Å². The highest BCUT2D eigenvalue weighted by molar-refractivity contribution is 5.95. The third-order valence-electron chi connectivity index (χ3n) is 3.84. The molecule has 3 aromatic rings. The first-order chi connectivity index (χ1) is 14.6. The van der Waals surface area contributed by atoms with Gasteiger partial charge >= 0.3 is 6.18 Å². The van der Waals surface area contributed by atoms with E-state index in [9.17, 15) is 32.9 Å². The topological polar surface area (TPSA) is 145 Å². The SMILES string of the molecule is O=C(Cn1nnc(-c2cccc(C(F)(F)F)c2)n1)NNC(=O)c1ccc([N+](=O)[O-])cc1. The molecule has 0 saturated carbocycles. The van der Waals surface area contributed by atoms with Gasteiger partial charge in [-0.3, -0.25) is 30.6 Å². The molecule has 0 fully saturated rings. The van der Waals surface area contributed by atoms with Crippen LogP contribution in [0, 0.1) is 10.1 Å². The van der Waals surface area contributed by atoms with Crippen LogP contribution in [0.15, 0.2) is 48.5 Å². The normalized spacial score (nSPS) is 11.1. The Morgan fingerprint density at radius 3 is 2.45 bits per heavy atom. The molecule has 160 valence electrons. The minimum Gasteiger partial charge on any atom is -0.271 e. The average Bonchev–Trinajstić information content (AvgIpc) is 3.20. The van der Waals surface area contributed by atoms with E-state index >= 15 is 0 Å². The van der Waals surface area contributed by atoms with Crippen molar-refractivity contribution in [1.29, 1.82) is 0 Å². The summed E-state index contributed by atoms with van der Waals surface area (Å²) in [5.74, 6) is -1.59. The molecule has 3 rings (SSSR count). The van der Waals surface area contributed by atoms with Crippen molar-refractivity contribution in [3.05, 3.63) is 69.8 Å². The number of aromatic nitrogens is 4. The lowest BCUT2D eigenvalue weighted by Crippen LogP contribution is -2.43. The maximum atomic E-state index is 12.8. The minimum atomic E-state index is -4.53. The van der Waals surface area contributed by atoms with E-state index in [1.54, 1.807) is 0 Å². The number of benzene rings is 2. The molecule has 0 aliphatic rings. The van der Waals surface area contributed by atoms with E-state index in [-0.39, 0.29) is 22.6 Å². The van der Waals surface area contributed by atoms with Crippen LogP contribution >= 0.6 is 0 Å². The number of hydrazine groups is 1. The van der Waals surface area contributed by atoms with Crippen LogP contribution in [0.3, 0.4) is 0 Å². The largest absolute Gasteiger partial charge is 0.416 e. The number of nitro benzene ring substituents is 1. The molecule has 0 atom stereocenters. The molecule has 0 bridgehead atoms. The van der Waals surface area contributed by atoms with Gasteiger partial charge in [0.2, 0.25) is 5.82 Å². The summed E-state index contributed by atoms with van der Waals surface area (Å²) in [5.41, 5.74) is 3.25. The highest BCUT2D eigenvalue weighted by atomic mass is 19.4. The van der Waals surface area contributed by atoms with Gasteiger partial charge in [-0.05, 0) is 29.5 Å². The molecular weight excluding hydrogens is 423 g/mol. The number of halogens is 3. The number of alkyl halides is 3. The van der Waals surface area contributed by atoms with E-state index in [1.165, 1.54) is 24.3 Å². The zero-order chi connectivity index (χ0) is 22.6. The fraction of sp³-hybridized carbons (Fsp3) is 0.118. The molecule has 14 heteroatoms. The molecule has 2 amide bonds. The number of carbonyl (C=O) groups is 2. The van der Waals surface area contributed by atoms with Crippen molar-refractivity contribution >= 4 is 17.5 Å². The Morgan fingerprint density at radius 1 is 1.10 bits per heavy atom. The van der Waals surface area contributed by atoms with E-state index in [4.69, 9.17) is 0 Å². The third kappa shape index (κ3) is 5.37. The third-order valence-corrected chi connectivity index (χ3v) is 3.84.